The van der Waals surface area contributed by atoms with Crippen LogP contribution in [0.5, 0.6) is 0 Å². The maximum absolute atomic E-state index is 12.7. The summed E-state index contributed by atoms with van der Waals surface area (Å²) in [5.74, 6) is -0.553. The summed E-state index contributed by atoms with van der Waals surface area (Å²) in [5.41, 5.74) is 7.12. The monoisotopic (exact) mass is 1270 g/mol. The minimum Gasteiger partial charge on any atom is -0.748 e. The Morgan fingerprint density at radius 2 is 1.47 bits per heavy atom. The number of amides is 3. The number of anilines is 2. The summed E-state index contributed by atoms with van der Waals surface area (Å²) in [7, 11) is -9.19. The van der Waals surface area contributed by atoms with Crippen LogP contribution in [-0.2, 0) is 64.2 Å². The smallest absolute Gasteiger partial charge is 0.748 e. The van der Waals surface area contributed by atoms with Gasteiger partial charge >= 0.3 is 88.7 Å². The maximum atomic E-state index is 12.7. The molecular weight excluding hydrogens is 1200 g/mol. The quantitative estimate of drug-likeness (QED) is 0.0109. The standard InChI is InChI=1S/C55H68ClN5O15S4.3Na/c1-54(2)44-37-41(58(28-9-33-77-75-73-65)29-10-34-78-76-74-66)18-22-45(44)59(31-11-35-79(67,68)69)47(54)23-16-38-12-8-13-39(53(38)56)17-24-48-55(3,4)52-43-20-19-42(80(70,71)72)36-40(43)15-21-46(52)60(48)30-7-5-6-14-49(62)57-27-32-61-50(63)25-26-51(61)64;;;/h15-26,36-37H,5-14,27-35H2,1-4H3,(H4-,57,62,65,66,67,68,69,70,71,72);;;/q;3*+1/p-3. The van der Waals surface area contributed by atoms with Crippen LogP contribution in [-0.4, -0.2) is 115 Å². The van der Waals surface area contributed by atoms with E-state index in [-0.39, 0.29) is 132 Å². The van der Waals surface area contributed by atoms with Gasteiger partial charge in [-0.2, -0.15) is 13.2 Å². The predicted molar refractivity (Wildman–Crippen MR) is 301 cm³/mol. The molecule has 0 unspecified atom stereocenters. The van der Waals surface area contributed by atoms with Crippen molar-refractivity contribution < 1.29 is 163 Å². The Labute approximate surface area is 566 Å². The molecule has 0 saturated carbocycles. The second-order valence-corrected chi connectivity index (χ2v) is 25.6. The van der Waals surface area contributed by atoms with Gasteiger partial charge in [0.05, 0.1) is 20.4 Å². The molecule has 3 aromatic carbocycles. The molecule has 1 N–H and O–H groups in total. The molecule has 0 bridgehead atoms. The van der Waals surface area contributed by atoms with E-state index in [1.165, 1.54) is 24.3 Å². The fourth-order valence-electron chi connectivity index (χ4n) is 10.9. The van der Waals surface area contributed by atoms with Crippen molar-refractivity contribution in [1.29, 1.82) is 0 Å². The molecule has 3 amide bonds. The number of nitrogens with zero attached hydrogens (tertiary/aromatic N) is 4. The SMILES string of the molecule is CC1(C)C(/C=C/C2=C(Cl)C(=C/C=C3/N(CCCS(=O)(=O)[O-])c4ccc(N(CCCSOO[O-])CCCSOO[O-])cc4C3(C)C)/CCC2)=[N+](CCCCCC(=O)NCCN2C(=O)C=CC2=O)c2ccc3cc(S(=O)(=O)[O-])ccc3c21.[Na+].[Na+].[Na+]. The minimum absolute atomic E-state index is 0. The van der Waals surface area contributed by atoms with E-state index in [1.54, 1.807) is 6.07 Å². The van der Waals surface area contributed by atoms with Gasteiger partial charge in [-0.1, -0.05) is 43.7 Å². The third kappa shape index (κ3) is 19.3. The Bertz CT molecular complexity index is 3220. The van der Waals surface area contributed by atoms with Crippen molar-refractivity contribution in [3.8, 4) is 0 Å². The van der Waals surface area contributed by atoms with Gasteiger partial charge in [-0.15, -0.1) is 0 Å². The molecule has 7 rings (SSSR count). The van der Waals surface area contributed by atoms with E-state index in [4.69, 9.17) is 11.6 Å². The van der Waals surface area contributed by atoms with Crippen LogP contribution in [0.25, 0.3) is 10.8 Å². The van der Waals surface area contributed by atoms with Crippen LogP contribution in [0.2, 0.25) is 0 Å². The first kappa shape index (κ1) is 73.5. The maximum Gasteiger partial charge on any atom is 1.00 e. The molecule has 3 aromatic rings. The molecule has 0 spiro atoms. The molecule has 0 aromatic heterocycles. The van der Waals surface area contributed by atoms with Crippen molar-refractivity contribution in [2.24, 2.45) is 0 Å². The number of unbranched alkanes of at least 4 members (excludes halogenated alkanes) is 2. The van der Waals surface area contributed by atoms with Gasteiger partial charge in [0.15, 0.2) is 5.71 Å². The zero-order valence-electron chi connectivity index (χ0n) is 47.9. The molecule has 3 aliphatic heterocycles. The van der Waals surface area contributed by atoms with Gasteiger partial charge in [-0.3, -0.25) is 29.4 Å². The topological polar surface area (TPSA) is 273 Å². The Kier molecular flexibility index (Phi) is 29.8. The zero-order valence-corrected chi connectivity index (χ0v) is 58.0. The number of hydrogen-bond donors (Lipinski definition) is 1. The van der Waals surface area contributed by atoms with Crippen LogP contribution in [0.1, 0.15) is 103 Å². The van der Waals surface area contributed by atoms with Crippen molar-refractivity contribution in [1.82, 2.24) is 10.2 Å². The van der Waals surface area contributed by atoms with Gasteiger partial charge in [0.25, 0.3) is 11.8 Å². The summed E-state index contributed by atoms with van der Waals surface area (Å²) in [6.07, 6.45) is 16.5. The second kappa shape index (κ2) is 33.6. The van der Waals surface area contributed by atoms with Crippen LogP contribution >= 0.6 is 35.7 Å². The van der Waals surface area contributed by atoms with E-state index in [1.807, 2.05) is 36.4 Å². The van der Waals surface area contributed by atoms with E-state index < -0.39 is 48.6 Å². The normalized spacial score (nSPS) is 17.4. The molecule has 4 aliphatic rings. The largest absolute Gasteiger partial charge is 1.00 e. The first-order chi connectivity index (χ1) is 38.1. The molecule has 3 heterocycles. The van der Waals surface area contributed by atoms with Crippen LogP contribution in [0.15, 0.2) is 112 Å². The number of benzene rings is 3. The Balaban J connectivity index is 0.00000493. The number of carbonyl (C=O) groups is 3. The van der Waals surface area contributed by atoms with Crippen molar-refractivity contribution in [2.75, 3.05) is 66.3 Å². The summed E-state index contributed by atoms with van der Waals surface area (Å²) >= 11 is 9.18. The molecule has 20 nitrogen and oxygen atoms in total. The van der Waals surface area contributed by atoms with Crippen LogP contribution in [0, 0.1) is 0 Å². The van der Waals surface area contributed by atoms with Gasteiger partial charge in [0.1, 0.15) is 16.7 Å². The number of rotatable bonds is 30. The summed E-state index contributed by atoms with van der Waals surface area (Å²) in [4.78, 5) is 41.5. The fourth-order valence-corrected chi connectivity index (χ4v) is 12.9. The van der Waals surface area contributed by atoms with Gasteiger partial charge < -0.3 is 34.7 Å². The Hall–Kier alpha value is -1.93. The van der Waals surface area contributed by atoms with E-state index in [9.17, 15) is 50.8 Å². The molecule has 83 heavy (non-hydrogen) atoms. The third-order valence-corrected chi connectivity index (χ3v) is 18.1. The average Bonchev–Trinajstić information content (AvgIpc) is 2.60. The first-order valence-corrected chi connectivity index (χ1v) is 31.5. The molecule has 0 fully saturated rings. The number of hydrogen-bond acceptors (Lipinski definition) is 19. The molecule has 0 radical (unpaired) electrons. The van der Waals surface area contributed by atoms with Gasteiger partial charge in [-0.05, 0) is 135 Å². The molecule has 0 atom stereocenters. The van der Waals surface area contributed by atoms with Crippen LogP contribution < -0.4 is 114 Å². The van der Waals surface area contributed by atoms with Crippen molar-refractivity contribution in [3.63, 3.8) is 0 Å². The van der Waals surface area contributed by atoms with E-state index in [0.717, 1.165) is 91.5 Å². The summed E-state index contributed by atoms with van der Waals surface area (Å²) < 4.78 is 82.8. The Morgan fingerprint density at radius 1 is 0.795 bits per heavy atom. The first-order valence-electron chi connectivity index (χ1n) is 26.3. The molecule has 1 aliphatic carbocycles. The van der Waals surface area contributed by atoms with Crippen molar-refractivity contribution >= 4 is 107 Å². The summed E-state index contributed by atoms with van der Waals surface area (Å²) in [6.45, 7) is 10.7. The molecule has 434 valence electrons. The minimum atomic E-state index is -4.70. The van der Waals surface area contributed by atoms with E-state index >= 15 is 0 Å². The van der Waals surface area contributed by atoms with Gasteiger partial charge in [-0.25, -0.2) is 16.8 Å². The number of allylic oxidation sites excluding steroid dienone is 8. The predicted octanol–water partition coefficient (Wildman–Crippen LogP) is -2.16. The third-order valence-electron chi connectivity index (χ3n) is 14.8. The molecule has 28 heteroatoms. The number of imide groups is 1. The number of halogens is 1. The Morgan fingerprint density at radius 3 is 2.11 bits per heavy atom. The zero-order chi connectivity index (χ0) is 57.8. The number of fused-ring (bicyclic) bond motifs is 4. The number of nitrogens with one attached hydrogen (secondary N) is 1. The van der Waals surface area contributed by atoms with Gasteiger partial charge in [0.2, 0.25) is 11.6 Å². The van der Waals surface area contributed by atoms with E-state index in [2.05, 4.69) is 84.3 Å². The summed E-state index contributed by atoms with van der Waals surface area (Å²) in [6, 6.07) is 14.3. The second-order valence-electron chi connectivity index (χ2n) is 20.8. The molecular formula is C55H65ClN5Na3O15S4. The summed E-state index contributed by atoms with van der Waals surface area (Å²) in [5, 5.41) is 32.5. The van der Waals surface area contributed by atoms with Crippen molar-refractivity contribution in [2.45, 2.75) is 108 Å². The average molecular weight is 1270 g/mol. The molecule has 0 saturated heterocycles. The van der Waals surface area contributed by atoms with E-state index in [0.29, 0.717) is 86.5 Å². The van der Waals surface area contributed by atoms with Crippen LogP contribution in [0.3, 0.4) is 0 Å². The van der Waals surface area contributed by atoms with Crippen LogP contribution in [0.4, 0.5) is 17.1 Å². The number of carbonyl (C=O) groups excluding carboxylic acids is 3. The fraction of sp³-hybridized carbons (Fsp3) is 0.455. The van der Waals surface area contributed by atoms with Crippen molar-refractivity contribution in [3.05, 3.63) is 118 Å². The van der Waals surface area contributed by atoms with Gasteiger partial charge in [0, 0.05) is 144 Å².